The number of fused-ring (bicyclic) bond motifs is 1. The Bertz CT molecular complexity index is 669. The molecule has 0 fully saturated rings. The zero-order chi connectivity index (χ0) is 14.0. The van der Waals surface area contributed by atoms with Gasteiger partial charge in [-0.1, -0.05) is 6.07 Å². The van der Waals surface area contributed by atoms with Crippen molar-refractivity contribution < 1.29 is 18.7 Å². The summed E-state index contributed by atoms with van der Waals surface area (Å²) in [5, 5.41) is 0.678. The highest BCUT2D eigenvalue weighted by atomic mass is 16.5. The topological polar surface area (TPSA) is 65.7 Å². The van der Waals surface area contributed by atoms with Gasteiger partial charge in [0.1, 0.15) is 5.58 Å². The van der Waals surface area contributed by atoms with Crippen LogP contribution in [0, 0.1) is 0 Å². The number of methoxy groups -OCH3 is 1. The summed E-state index contributed by atoms with van der Waals surface area (Å²) in [6, 6.07) is 6.35. The second kappa shape index (κ2) is 5.14. The summed E-state index contributed by atoms with van der Waals surface area (Å²) >= 11 is 0. The van der Waals surface area contributed by atoms with Crippen LogP contribution in [0.1, 0.15) is 24.2 Å². The van der Waals surface area contributed by atoms with Crippen LogP contribution in [0.5, 0.6) is 5.75 Å². The van der Waals surface area contributed by atoms with Gasteiger partial charge in [0.15, 0.2) is 0 Å². The first kappa shape index (κ1) is 13.1. The molecule has 0 bridgehead atoms. The number of carbonyl (C=O) groups excluding carboxylic acids is 1. The van der Waals surface area contributed by atoms with Crippen LogP contribution in [0.2, 0.25) is 0 Å². The van der Waals surface area contributed by atoms with Crippen molar-refractivity contribution in [1.82, 2.24) is 0 Å². The van der Waals surface area contributed by atoms with Gasteiger partial charge < -0.3 is 13.9 Å². The number of esters is 1. The van der Waals surface area contributed by atoms with Gasteiger partial charge in [-0.2, -0.15) is 0 Å². The lowest BCUT2D eigenvalue weighted by Gasteiger charge is -2.08. The Morgan fingerprint density at radius 2 is 2.00 bits per heavy atom. The minimum Gasteiger partial charge on any atom is -0.490 e. The fourth-order valence-corrected chi connectivity index (χ4v) is 1.64. The molecule has 1 aromatic carbocycles. The number of hydrogen-bond donors (Lipinski definition) is 0. The molecule has 5 nitrogen and oxygen atoms in total. The van der Waals surface area contributed by atoms with Gasteiger partial charge in [-0.3, -0.25) is 0 Å². The van der Waals surface area contributed by atoms with Crippen LogP contribution in [0.4, 0.5) is 0 Å². The lowest BCUT2D eigenvalue weighted by Crippen LogP contribution is -2.11. The van der Waals surface area contributed by atoms with Crippen molar-refractivity contribution in [2.45, 2.75) is 20.0 Å². The van der Waals surface area contributed by atoms with E-state index in [9.17, 15) is 9.59 Å². The maximum absolute atomic E-state index is 11.7. The lowest BCUT2D eigenvalue weighted by atomic mass is 10.1. The molecule has 0 amide bonds. The van der Waals surface area contributed by atoms with E-state index in [1.807, 2.05) is 0 Å². The van der Waals surface area contributed by atoms with E-state index in [-0.39, 0.29) is 11.9 Å². The second-order valence-electron chi connectivity index (χ2n) is 4.31. The van der Waals surface area contributed by atoms with E-state index in [1.165, 1.54) is 13.2 Å². The predicted molar refractivity (Wildman–Crippen MR) is 69.6 cm³/mol. The molecular formula is C14H14O5. The molecule has 0 saturated heterocycles. The quantitative estimate of drug-likeness (QED) is 0.627. The molecule has 0 radical (unpaired) electrons. The van der Waals surface area contributed by atoms with Crippen LogP contribution < -0.4 is 10.4 Å². The molecule has 0 saturated carbocycles. The monoisotopic (exact) mass is 262 g/mol. The Balaban J connectivity index is 2.46. The molecule has 5 heteroatoms. The van der Waals surface area contributed by atoms with Gasteiger partial charge in [0, 0.05) is 5.39 Å². The maximum Gasteiger partial charge on any atom is 0.379 e. The Labute approximate surface area is 109 Å². The number of rotatable bonds is 3. The van der Waals surface area contributed by atoms with E-state index in [0.717, 1.165) is 0 Å². The largest absolute Gasteiger partial charge is 0.490 e. The minimum absolute atomic E-state index is 0.130. The average molecular weight is 262 g/mol. The van der Waals surface area contributed by atoms with Gasteiger partial charge in [0.05, 0.1) is 18.8 Å². The molecule has 0 N–H and O–H groups in total. The summed E-state index contributed by atoms with van der Waals surface area (Å²) in [5.41, 5.74) is 0.0860. The van der Waals surface area contributed by atoms with Crippen LogP contribution in [0.3, 0.4) is 0 Å². The summed E-state index contributed by atoms with van der Waals surface area (Å²) in [6.45, 7) is 3.54. The van der Waals surface area contributed by atoms with E-state index >= 15 is 0 Å². The Hall–Kier alpha value is -2.30. The Kier molecular flexibility index (Phi) is 3.55. The number of carbonyl (C=O) groups is 1. The third-order valence-corrected chi connectivity index (χ3v) is 2.50. The smallest absolute Gasteiger partial charge is 0.379 e. The van der Waals surface area contributed by atoms with Crippen LogP contribution >= 0.6 is 0 Å². The molecule has 1 heterocycles. The normalized spacial score (nSPS) is 10.7. The van der Waals surface area contributed by atoms with Gasteiger partial charge in [0.25, 0.3) is 0 Å². The summed E-state index contributed by atoms with van der Waals surface area (Å²) in [7, 11) is 1.40. The predicted octanol–water partition coefficient (Wildman–Crippen LogP) is 2.37. The number of hydrogen-bond acceptors (Lipinski definition) is 5. The fraction of sp³-hybridized carbons (Fsp3) is 0.286. The van der Waals surface area contributed by atoms with Crippen LogP contribution in [0.15, 0.2) is 33.5 Å². The third-order valence-electron chi connectivity index (χ3n) is 2.50. The molecule has 0 aliphatic heterocycles. The molecule has 0 unspecified atom stereocenters. The van der Waals surface area contributed by atoms with Crippen LogP contribution in [-0.4, -0.2) is 19.2 Å². The molecule has 0 atom stereocenters. The zero-order valence-electron chi connectivity index (χ0n) is 10.9. The van der Waals surface area contributed by atoms with Crippen molar-refractivity contribution in [1.29, 1.82) is 0 Å². The Morgan fingerprint density at radius 1 is 1.26 bits per heavy atom. The molecule has 1 aromatic heterocycles. The average Bonchev–Trinajstić information content (AvgIpc) is 2.36. The SMILES string of the molecule is COc1cc2ccc(C(=O)OC(C)C)cc2oc1=O. The lowest BCUT2D eigenvalue weighted by molar-refractivity contribution is 0.0378. The second-order valence-corrected chi connectivity index (χ2v) is 4.31. The van der Waals surface area contributed by atoms with E-state index in [1.54, 1.807) is 32.0 Å². The van der Waals surface area contributed by atoms with E-state index in [0.29, 0.717) is 16.5 Å². The third kappa shape index (κ3) is 2.76. The standard InChI is InChI=1S/C14H14O5/c1-8(2)18-13(15)10-5-4-9-6-12(17-3)14(16)19-11(9)7-10/h4-8H,1-3H3. The first-order chi connectivity index (χ1) is 9.01. The van der Waals surface area contributed by atoms with E-state index in [2.05, 4.69) is 0 Å². The van der Waals surface area contributed by atoms with Gasteiger partial charge in [-0.05, 0) is 32.0 Å². The number of benzene rings is 1. The van der Waals surface area contributed by atoms with Gasteiger partial charge in [-0.15, -0.1) is 0 Å². The highest BCUT2D eigenvalue weighted by Crippen LogP contribution is 2.19. The maximum atomic E-state index is 11.7. The zero-order valence-corrected chi connectivity index (χ0v) is 10.9. The first-order valence-electron chi connectivity index (χ1n) is 5.84. The fourth-order valence-electron chi connectivity index (χ4n) is 1.64. The van der Waals surface area contributed by atoms with Crippen LogP contribution in [-0.2, 0) is 4.74 Å². The molecule has 100 valence electrons. The highest BCUT2D eigenvalue weighted by molar-refractivity contribution is 5.94. The summed E-state index contributed by atoms with van der Waals surface area (Å²) < 4.78 is 15.1. The molecule has 2 aromatic rings. The molecule has 2 rings (SSSR count). The molecular weight excluding hydrogens is 248 g/mol. The summed E-state index contributed by atoms with van der Waals surface area (Å²) in [5.74, 6) is -0.319. The van der Waals surface area contributed by atoms with E-state index in [4.69, 9.17) is 13.9 Å². The molecule has 19 heavy (non-hydrogen) atoms. The van der Waals surface area contributed by atoms with Gasteiger partial charge in [0.2, 0.25) is 5.75 Å². The summed E-state index contributed by atoms with van der Waals surface area (Å²) in [4.78, 5) is 23.3. The highest BCUT2D eigenvalue weighted by Gasteiger charge is 2.12. The first-order valence-corrected chi connectivity index (χ1v) is 5.84. The van der Waals surface area contributed by atoms with Gasteiger partial charge >= 0.3 is 11.6 Å². The molecule has 0 aliphatic rings. The van der Waals surface area contributed by atoms with Crippen LogP contribution in [0.25, 0.3) is 11.0 Å². The van der Waals surface area contributed by atoms with Crippen molar-refractivity contribution in [3.63, 3.8) is 0 Å². The van der Waals surface area contributed by atoms with Crippen molar-refractivity contribution in [2.75, 3.05) is 7.11 Å². The van der Waals surface area contributed by atoms with E-state index < -0.39 is 11.6 Å². The summed E-state index contributed by atoms with van der Waals surface area (Å²) in [6.07, 6.45) is -0.203. The molecule has 0 spiro atoms. The number of ether oxygens (including phenoxy) is 2. The van der Waals surface area contributed by atoms with Gasteiger partial charge in [-0.25, -0.2) is 9.59 Å². The molecule has 0 aliphatic carbocycles. The van der Waals surface area contributed by atoms with Crippen molar-refractivity contribution in [2.24, 2.45) is 0 Å². The minimum atomic E-state index is -0.579. The van der Waals surface area contributed by atoms with Crippen molar-refractivity contribution in [3.8, 4) is 5.75 Å². The Morgan fingerprint density at radius 3 is 2.63 bits per heavy atom. The van der Waals surface area contributed by atoms with Crippen molar-refractivity contribution >= 4 is 16.9 Å². The van der Waals surface area contributed by atoms with Crippen molar-refractivity contribution in [3.05, 3.63) is 40.2 Å².